The maximum absolute atomic E-state index is 12.7. The van der Waals surface area contributed by atoms with Gasteiger partial charge >= 0.3 is 0 Å². The van der Waals surface area contributed by atoms with Crippen LogP contribution in [0.1, 0.15) is 28.8 Å². The Morgan fingerprint density at radius 1 is 1.16 bits per heavy atom. The first kappa shape index (κ1) is 24.9. The van der Waals surface area contributed by atoms with Crippen molar-refractivity contribution in [2.45, 2.75) is 29.2 Å². The van der Waals surface area contributed by atoms with Crippen molar-refractivity contribution in [3.05, 3.63) is 65.9 Å². The first-order valence-corrected chi connectivity index (χ1v) is 13.0. The number of carbonyl (C=O) groups excluding carboxylic acids is 2. The summed E-state index contributed by atoms with van der Waals surface area (Å²) in [5.74, 6) is 1.93. The average molecular weight is 520 g/mol. The van der Waals surface area contributed by atoms with Crippen molar-refractivity contribution in [1.82, 2.24) is 14.9 Å². The lowest BCUT2D eigenvalue weighted by Gasteiger charge is -2.34. The number of primary amides is 1. The highest BCUT2D eigenvalue weighted by Crippen LogP contribution is 2.35. The first-order valence-electron chi connectivity index (χ1n) is 12.2. The van der Waals surface area contributed by atoms with E-state index in [9.17, 15) is 9.59 Å². The quantitative estimate of drug-likeness (QED) is 0.434. The number of hydrogen-bond acceptors (Lipinski definition) is 8. The second-order valence-corrected chi connectivity index (χ2v) is 10.3. The van der Waals surface area contributed by atoms with Gasteiger partial charge in [0.1, 0.15) is 12.4 Å². The van der Waals surface area contributed by atoms with Gasteiger partial charge in [-0.1, -0.05) is 23.9 Å². The first-order chi connectivity index (χ1) is 18.0. The molecule has 1 aliphatic heterocycles. The van der Waals surface area contributed by atoms with E-state index in [4.69, 9.17) is 20.2 Å². The number of methoxy groups -OCH3 is 1. The van der Waals surface area contributed by atoms with Gasteiger partial charge in [-0.3, -0.25) is 9.59 Å². The van der Waals surface area contributed by atoms with Gasteiger partial charge < -0.3 is 25.0 Å². The number of nitrogens with zero attached hydrogens (tertiary/aromatic N) is 4. The predicted molar refractivity (Wildman–Crippen MR) is 140 cm³/mol. The number of hydrogen-bond donors (Lipinski definition) is 1. The highest BCUT2D eigenvalue weighted by atomic mass is 32.2. The molecule has 2 heterocycles. The van der Waals surface area contributed by atoms with Crippen molar-refractivity contribution in [2.75, 3.05) is 38.2 Å². The zero-order valence-corrected chi connectivity index (χ0v) is 21.4. The van der Waals surface area contributed by atoms with Crippen LogP contribution in [0.3, 0.4) is 0 Å². The SMILES string of the molecule is COc1cccc(COc2nc(N3CCN(CC4CC4)C(=O)C3)ncc2Sc2ccc(C(N)=O)cc2)c1. The molecule has 1 aromatic heterocycles. The van der Waals surface area contributed by atoms with Crippen LogP contribution in [-0.2, 0) is 11.4 Å². The molecule has 2 aliphatic rings. The van der Waals surface area contributed by atoms with E-state index in [0.29, 0.717) is 36.4 Å². The molecular weight excluding hydrogens is 490 g/mol. The Bertz CT molecular complexity index is 1280. The van der Waals surface area contributed by atoms with E-state index in [1.165, 1.54) is 24.6 Å². The fourth-order valence-electron chi connectivity index (χ4n) is 4.08. The second-order valence-electron chi connectivity index (χ2n) is 9.17. The third-order valence-corrected chi connectivity index (χ3v) is 7.37. The van der Waals surface area contributed by atoms with Crippen molar-refractivity contribution >= 4 is 29.5 Å². The Morgan fingerprint density at radius 2 is 1.97 bits per heavy atom. The summed E-state index contributed by atoms with van der Waals surface area (Å²) in [7, 11) is 1.63. The number of aromatic nitrogens is 2. The monoisotopic (exact) mass is 519 g/mol. The van der Waals surface area contributed by atoms with Gasteiger partial charge in [0.05, 0.1) is 24.7 Å². The summed E-state index contributed by atoms with van der Waals surface area (Å²) in [6, 6.07) is 14.7. The van der Waals surface area contributed by atoms with Gasteiger partial charge in [0, 0.05) is 30.1 Å². The van der Waals surface area contributed by atoms with Crippen LogP contribution in [0.4, 0.5) is 5.95 Å². The average Bonchev–Trinajstić information content (AvgIpc) is 3.74. The summed E-state index contributed by atoms with van der Waals surface area (Å²) in [6.07, 6.45) is 4.15. The lowest BCUT2D eigenvalue weighted by molar-refractivity contribution is -0.131. The molecule has 0 atom stereocenters. The zero-order chi connectivity index (χ0) is 25.8. The second kappa shape index (κ2) is 11.1. The fraction of sp³-hybridized carbons (Fsp3) is 0.333. The van der Waals surface area contributed by atoms with Gasteiger partial charge in [-0.2, -0.15) is 4.98 Å². The van der Waals surface area contributed by atoms with E-state index in [2.05, 4.69) is 4.98 Å². The molecule has 5 rings (SSSR count). The van der Waals surface area contributed by atoms with Gasteiger partial charge in [-0.15, -0.1) is 0 Å². The molecule has 37 heavy (non-hydrogen) atoms. The van der Waals surface area contributed by atoms with E-state index < -0.39 is 5.91 Å². The molecule has 1 aliphatic carbocycles. The Morgan fingerprint density at radius 3 is 2.68 bits per heavy atom. The zero-order valence-electron chi connectivity index (χ0n) is 20.6. The van der Waals surface area contributed by atoms with Crippen LogP contribution in [0.15, 0.2) is 64.5 Å². The third-order valence-electron chi connectivity index (χ3n) is 6.36. The van der Waals surface area contributed by atoms with Crippen molar-refractivity contribution < 1.29 is 19.1 Å². The number of rotatable bonds is 10. The molecule has 0 unspecified atom stereocenters. The molecule has 3 aromatic rings. The normalized spacial score (nSPS) is 15.5. The molecule has 1 saturated carbocycles. The van der Waals surface area contributed by atoms with Crippen molar-refractivity contribution in [3.63, 3.8) is 0 Å². The summed E-state index contributed by atoms with van der Waals surface area (Å²) >= 11 is 1.43. The highest BCUT2D eigenvalue weighted by molar-refractivity contribution is 7.99. The van der Waals surface area contributed by atoms with Gasteiger partial charge in [0.2, 0.25) is 23.6 Å². The maximum Gasteiger partial charge on any atom is 0.248 e. The molecule has 192 valence electrons. The summed E-state index contributed by atoms with van der Waals surface area (Å²) in [6.45, 7) is 2.74. The number of amides is 2. The summed E-state index contributed by atoms with van der Waals surface area (Å²) in [4.78, 5) is 38.9. The largest absolute Gasteiger partial charge is 0.497 e. The van der Waals surface area contributed by atoms with E-state index >= 15 is 0 Å². The van der Waals surface area contributed by atoms with Crippen molar-refractivity contribution in [1.29, 1.82) is 0 Å². The van der Waals surface area contributed by atoms with Crippen molar-refractivity contribution in [2.24, 2.45) is 11.7 Å². The fourth-order valence-corrected chi connectivity index (χ4v) is 4.91. The maximum atomic E-state index is 12.7. The minimum absolute atomic E-state index is 0.105. The minimum Gasteiger partial charge on any atom is -0.497 e. The molecule has 0 spiro atoms. The Labute approximate surface area is 220 Å². The smallest absolute Gasteiger partial charge is 0.248 e. The number of ether oxygens (including phenoxy) is 2. The van der Waals surface area contributed by atoms with E-state index in [0.717, 1.165) is 27.6 Å². The molecule has 0 bridgehead atoms. The lowest BCUT2D eigenvalue weighted by Crippen LogP contribution is -2.51. The molecule has 0 radical (unpaired) electrons. The Balaban J connectivity index is 1.35. The number of piperazine rings is 1. The van der Waals surface area contributed by atoms with Gasteiger partial charge in [0.25, 0.3) is 0 Å². The molecule has 2 aromatic carbocycles. The molecule has 2 amide bonds. The predicted octanol–water partition coefficient (Wildman–Crippen LogP) is 3.37. The minimum atomic E-state index is -0.474. The Hall–Kier alpha value is -3.79. The molecule has 10 heteroatoms. The topological polar surface area (TPSA) is 111 Å². The standard InChI is InChI=1S/C27H29N5O4S/c1-35-21-4-2-3-19(13-21)17-36-26-23(37-22-9-7-20(8-10-22)25(28)34)14-29-27(30-26)32-12-11-31(24(33)16-32)15-18-5-6-18/h2-4,7-10,13-14,18H,5-6,11-12,15-17H2,1H3,(H2,28,34). The highest BCUT2D eigenvalue weighted by Gasteiger charge is 2.31. The molecule has 9 nitrogen and oxygen atoms in total. The van der Waals surface area contributed by atoms with E-state index in [1.54, 1.807) is 25.4 Å². The van der Waals surface area contributed by atoms with Gasteiger partial charge in [0.15, 0.2) is 0 Å². The Kier molecular flexibility index (Phi) is 7.45. The van der Waals surface area contributed by atoms with E-state index in [1.807, 2.05) is 46.2 Å². The van der Waals surface area contributed by atoms with Gasteiger partial charge in [-0.05, 0) is 60.7 Å². The summed E-state index contributed by atoms with van der Waals surface area (Å²) in [5.41, 5.74) is 6.74. The number of benzene rings is 2. The van der Waals surface area contributed by atoms with Crippen LogP contribution in [0.25, 0.3) is 0 Å². The van der Waals surface area contributed by atoms with Crippen LogP contribution in [0.5, 0.6) is 11.6 Å². The number of carbonyl (C=O) groups is 2. The van der Waals surface area contributed by atoms with Crippen molar-refractivity contribution in [3.8, 4) is 11.6 Å². The van der Waals surface area contributed by atoms with Gasteiger partial charge in [-0.25, -0.2) is 4.98 Å². The summed E-state index contributed by atoms with van der Waals surface area (Å²) in [5, 5.41) is 0. The molecule has 2 fully saturated rings. The molecular formula is C27H29N5O4S. The molecule has 1 saturated heterocycles. The number of nitrogens with two attached hydrogens (primary N) is 1. The van der Waals surface area contributed by atoms with Crippen LogP contribution in [-0.4, -0.2) is 60.0 Å². The van der Waals surface area contributed by atoms with E-state index in [-0.39, 0.29) is 19.1 Å². The number of anilines is 1. The van der Waals surface area contributed by atoms with Crippen LogP contribution < -0.4 is 20.1 Å². The van der Waals surface area contributed by atoms with Crippen LogP contribution in [0, 0.1) is 5.92 Å². The lowest BCUT2D eigenvalue weighted by atomic mass is 10.2. The molecule has 2 N–H and O–H groups in total. The van der Waals surface area contributed by atoms with Crippen LogP contribution in [0.2, 0.25) is 0 Å². The third kappa shape index (κ3) is 6.32. The summed E-state index contributed by atoms with van der Waals surface area (Å²) < 4.78 is 11.5. The van der Waals surface area contributed by atoms with Crippen LogP contribution >= 0.6 is 11.8 Å².